The number of alkyl halides is 3. The Balaban J connectivity index is 1.75. The molecule has 2 heterocycles. The van der Waals surface area contributed by atoms with Crippen LogP contribution in [-0.2, 0) is 4.74 Å². The lowest BCUT2D eigenvalue weighted by Crippen LogP contribution is -2.36. The second kappa shape index (κ2) is 5.68. The number of hydrogen-bond donors (Lipinski definition) is 1. The van der Waals surface area contributed by atoms with Crippen molar-refractivity contribution >= 4 is 5.91 Å². The summed E-state index contributed by atoms with van der Waals surface area (Å²) in [6.45, 7) is 1.52. The van der Waals surface area contributed by atoms with Gasteiger partial charge < -0.3 is 19.5 Å². The number of halogens is 3. The quantitative estimate of drug-likeness (QED) is 0.915. The number of amides is 1. The molecule has 0 aromatic heterocycles. The Kier molecular flexibility index (Phi) is 3.97. The minimum atomic E-state index is -4.80. The van der Waals surface area contributed by atoms with Crippen LogP contribution in [0.2, 0.25) is 0 Å². The van der Waals surface area contributed by atoms with Crippen molar-refractivity contribution < 1.29 is 32.5 Å². The fourth-order valence-corrected chi connectivity index (χ4v) is 3.22. The molecule has 2 atom stereocenters. The molecule has 23 heavy (non-hydrogen) atoms. The predicted octanol–water partition coefficient (Wildman–Crippen LogP) is 1.67. The SMILES string of the molecule is O=C(c1cccc(OC(F)(F)F)c1)N1C[C@H]2COC[C@@]2(CO)C1. The standard InChI is InChI=1S/C15H16F3NO4/c16-15(17,18)23-12-3-1-2-10(4-12)13(21)19-5-11-6-22-9-14(11,7-19)8-20/h1-4,11,20H,5-9H2/t11-,14-/m0/s1. The van der Waals surface area contributed by atoms with Gasteiger partial charge in [-0.2, -0.15) is 0 Å². The summed E-state index contributed by atoms with van der Waals surface area (Å²) in [5, 5.41) is 9.61. The van der Waals surface area contributed by atoms with E-state index in [-0.39, 0.29) is 24.0 Å². The lowest BCUT2D eigenvalue weighted by atomic mass is 9.82. The molecule has 1 aromatic carbocycles. The molecule has 8 heteroatoms. The summed E-state index contributed by atoms with van der Waals surface area (Å²) >= 11 is 0. The number of aliphatic hydroxyl groups excluding tert-OH is 1. The normalized spacial score (nSPS) is 27.1. The van der Waals surface area contributed by atoms with Gasteiger partial charge in [0, 0.05) is 30.0 Å². The molecule has 126 valence electrons. The van der Waals surface area contributed by atoms with Crippen LogP contribution < -0.4 is 4.74 Å². The highest BCUT2D eigenvalue weighted by atomic mass is 19.4. The van der Waals surface area contributed by atoms with Crippen molar-refractivity contribution in [1.82, 2.24) is 4.90 Å². The van der Waals surface area contributed by atoms with Crippen molar-refractivity contribution in [3.63, 3.8) is 0 Å². The first-order valence-corrected chi connectivity index (χ1v) is 7.17. The van der Waals surface area contributed by atoms with E-state index in [9.17, 15) is 23.1 Å². The summed E-state index contributed by atoms with van der Waals surface area (Å²) in [5.74, 6) is -0.756. The maximum absolute atomic E-state index is 12.5. The zero-order valence-corrected chi connectivity index (χ0v) is 12.2. The lowest BCUT2D eigenvalue weighted by molar-refractivity contribution is -0.274. The van der Waals surface area contributed by atoms with Crippen molar-refractivity contribution in [2.45, 2.75) is 6.36 Å². The van der Waals surface area contributed by atoms with Gasteiger partial charge in [-0.05, 0) is 18.2 Å². The second-order valence-corrected chi connectivity index (χ2v) is 5.99. The fraction of sp³-hybridized carbons (Fsp3) is 0.533. The summed E-state index contributed by atoms with van der Waals surface area (Å²) in [6, 6.07) is 5.01. The second-order valence-electron chi connectivity index (χ2n) is 5.99. The van der Waals surface area contributed by atoms with E-state index in [2.05, 4.69) is 4.74 Å². The van der Waals surface area contributed by atoms with Crippen LogP contribution in [0.25, 0.3) is 0 Å². The number of rotatable bonds is 3. The number of aliphatic hydroxyl groups is 1. The molecule has 0 bridgehead atoms. The molecular weight excluding hydrogens is 315 g/mol. The summed E-state index contributed by atoms with van der Waals surface area (Å²) in [4.78, 5) is 14.1. The van der Waals surface area contributed by atoms with Crippen molar-refractivity contribution in [3.05, 3.63) is 29.8 Å². The van der Waals surface area contributed by atoms with Gasteiger partial charge in [-0.15, -0.1) is 13.2 Å². The Labute approximate surface area is 130 Å². The van der Waals surface area contributed by atoms with E-state index in [0.717, 1.165) is 12.1 Å². The molecule has 3 rings (SSSR count). The summed E-state index contributed by atoms with van der Waals surface area (Å²) in [7, 11) is 0. The average molecular weight is 331 g/mol. The van der Waals surface area contributed by atoms with Gasteiger partial charge in [-0.1, -0.05) is 6.07 Å². The summed E-state index contributed by atoms with van der Waals surface area (Å²) in [5.41, 5.74) is -0.337. The third-order valence-electron chi connectivity index (χ3n) is 4.44. The van der Waals surface area contributed by atoms with E-state index in [1.54, 1.807) is 4.90 Å². The molecule has 2 fully saturated rings. The molecule has 0 radical (unpaired) electrons. The van der Waals surface area contributed by atoms with Crippen LogP contribution in [0, 0.1) is 11.3 Å². The molecule has 0 aliphatic carbocycles. The van der Waals surface area contributed by atoms with E-state index >= 15 is 0 Å². The Bertz CT molecular complexity index is 607. The van der Waals surface area contributed by atoms with Gasteiger partial charge in [0.25, 0.3) is 5.91 Å². The largest absolute Gasteiger partial charge is 0.573 e. The van der Waals surface area contributed by atoms with Gasteiger partial charge in [0.1, 0.15) is 5.75 Å². The van der Waals surface area contributed by atoms with E-state index in [1.807, 2.05) is 0 Å². The first kappa shape index (κ1) is 16.1. The highest BCUT2D eigenvalue weighted by Crippen LogP contribution is 2.41. The van der Waals surface area contributed by atoms with E-state index < -0.39 is 17.5 Å². The monoisotopic (exact) mass is 331 g/mol. The van der Waals surface area contributed by atoms with Crippen LogP contribution in [0.4, 0.5) is 13.2 Å². The maximum Gasteiger partial charge on any atom is 0.573 e. The van der Waals surface area contributed by atoms with Crippen molar-refractivity contribution in [2.24, 2.45) is 11.3 Å². The third-order valence-corrected chi connectivity index (χ3v) is 4.44. The fourth-order valence-electron chi connectivity index (χ4n) is 3.22. The van der Waals surface area contributed by atoms with Crippen LogP contribution in [0.3, 0.4) is 0 Å². The molecule has 5 nitrogen and oxygen atoms in total. The molecule has 2 saturated heterocycles. The minimum absolute atomic E-state index is 0.0473. The first-order chi connectivity index (χ1) is 10.8. The highest BCUT2D eigenvalue weighted by molar-refractivity contribution is 5.94. The number of nitrogens with zero attached hydrogens (tertiary/aromatic N) is 1. The van der Waals surface area contributed by atoms with Crippen molar-refractivity contribution in [2.75, 3.05) is 32.9 Å². The Morgan fingerprint density at radius 2 is 2.26 bits per heavy atom. The zero-order valence-electron chi connectivity index (χ0n) is 12.2. The molecule has 2 aliphatic rings. The Morgan fingerprint density at radius 1 is 1.48 bits per heavy atom. The maximum atomic E-state index is 12.5. The van der Waals surface area contributed by atoms with Crippen LogP contribution in [0.15, 0.2) is 24.3 Å². The molecule has 0 unspecified atom stereocenters. The van der Waals surface area contributed by atoms with Crippen molar-refractivity contribution in [3.8, 4) is 5.75 Å². The first-order valence-electron chi connectivity index (χ1n) is 7.17. The van der Waals surface area contributed by atoms with Gasteiger partial charge >= 0.3 is 6.36 Å². The van der Waals surface area contributed by atoms with Gasteiger partial charge in [-0.25, -0.2) is 0 Å². The number of carbonyl (C=O) groups is 1. The zero-order chi connectivity index (χ0) is 16.7. The Morgan fingerprint density at radius 3 is 2.91 bits per heavy atom. The van der Waals surface area contributed by atoms with Crippen LogP contribution in [0.1, 0.15) is 10.4 Å². The molecule has 1 amide bonds. The van der Waals surface area contributed by atoms with E-state index in [1.165, 1.54) is 12.1 Å². The Hall–Kier alpha value is -1.80. The smallest absolute Gasteiger partial charge is 0.406 e. The van der Waals surface area contributed by atoms with Crippen LogP contribution in [0.5, 0.6) is 5.75 Å². The molecule has 1 aromatic rings. The molecule has 1 N–H and O–H groups in total. The van der Waals surface area contributed by atoms with Crippen molar-refractivity contribution in [1.29, 1.82) is 0 Å². The van der Waals surface area contributed by atoms with Crippen LogP contribution in [-0.4, -0.2) is 55.2 Å². The van der Waals surface area contributed by atoms with Gasteiger partial charge in [0.15, 0.2) is 0 Å². The number of carbonyl (C=O) groups excluding carboxylic acids is 1. The minimum Gasteiger partial charge on any atom is -0.406 e. The molecule has 2 aliphatic heterocycles. The number of fused-ring (bicyclic) bond motifs is 1. The van der Waals surface area contributed by atoms with E-state index in [4.69, 9.17) is 4.74 Å². The molecule has 0 spiro atoms. The number of likely N-dealkylation sites (tertiary alicyclic amines) is 1. The topological polar surface area (TPSA) is 59.0 Å². The number of hydrogen-bond acceptors (Lipinski definition) is 4. The van der Waals surface area contributed by atoms with Crippen LogP contribution >= 0.6 is 0 Å². The highest BCUT2D eigenvalue weighted by Gasteiger charge is 2.51. The predicted molar refractivity (Wildman–Crippen MR) is 72.9 cm³/mol. The summed E-state index contributed by atoms with van der Waals surface area (Å²) in [6.07, 6.45) is -4.80. The van der Waals surface area contributed by atoms with Gasteiger partial charge in [-0.3, -0.25) is 4.79 Å². The summed E-state index contributed by atoms with van der Waals surface area (Å²) < 4.78 is 46.0. The third kappa shape index (κ3) is 3.13. The number of benzene rings is 1. The number of ether oxygens (including phenoxy) is 2. The lowest BCUT2D eigenvalue weighted by Gasteiger charge is -2.24. The molecular formula is C15H16F3NO4. The van der Waals surface area contributed by atoms with E-state index in [0.29, 0.717) is 26.3 Å². The van der Waals surface area contributed by atoms with Gasteiger partial charge in [0.05, 0.1) is 19.8 Å². The average Bonchev–Trinajstić information content (AvgIpc) is 3.02. The van der Waals surface area contributed by atoms with Gasteiger partial charge in [0.2, 0.25) is 0 Å². The molecule has 0 saturated carbocycles.